The molecule has 2 N–H and O–H groups in total. The summed E-state index contributed by atoms with van der Waals surface area (Å²) >= 11 is 0. The highest BCUT2D eigenvalue weighted by Crippen LogP contribution is 2.39. The Bertz CT molecular complexity index is 836. The SMILES string of the molecule is C=C(C)C(=O)Oc1cc(N)c(OC(=O)C(=C)C)c2ccccc12. The average molecular weight is 311 g/mol. The fourth-order valence-electron chi connectivity index (χ4n) is 1.90. The summed E-state index contributed by atoms with van der Waals surface area (Å²) in [5.74, 6) is -0.639. The van der Waals surface area contributed by atoms with Crippen molar-refractivity contribution in [2.45, 2.75) is 13.8 Å². The van der Waals surface area contributed by atoms with E-state index in [1.165, 1.54) is 6.07 Å². The lowest BCUT2D eigenvalue weighted by Gasteiger charge is -2.14. The van der Waals surface area contributed by atoms with Gasteiger partial charge in [0.1, 0.15) is 5.75 Å². The molecule has 0 saturated heterocycles. The first kappa shape index (κ1) is 16.3. The zero-order valence-electron chi connectivity index (χ0n) is 13.0. The maximum Gasteiger partial charge on any atom is 0.338 e. The summed E-state index contributed by atoms with van der Waals surface area (Å²) < 4.78 is 10.6. The van der Waals surface area contributed by atoms with Crippen LogP contribution in [-0.4, -0.2) is 11.9 Å². The van der Waals surface area contributed by atoms with Crippen LogP contribution < -0.4 is 15.2 Å². The first-order chi connectivity index (χ1) is 10.8. The molecule has 2 aromatic rings. The third kappa shape index (κ3) is 3.40. The van der Waals surface area contributed by atoms with Gasteiger partial charge in [-0.3, -0.25) is 0 Å². The summed E-state index contributed by atoms with van der Waals surface area (Å²) in [7, 11) is 0. The van der Waals surface area contributed by atoms with Crippen molar-refractivity contribution in [2.75, 3.05) is 5.73 Å². The molecule has 0 aliphatic heterocycles. The molecule has 0 radical (unpaired) electrons. The van der Waals surface area contributed by atoms with Crippen molar-refractivity contribution in [3.8, 4) is 11.5 Å². The van der Waals surface area contributed by atoms with Crippen LogP contribution in [0.2, 0.25) is 0 Å². The highest BCUT2D eigenvalue weighted by atomic mass is 16.5. The number of benzene rings is 2. The zero-order valence-corrected chi connectivity index (χ0v) is 13.0. The van der Waals surface area contributed by atoms with E-state index in [2.05, 4.69) is 13.2 Å². The number of hydrogen-bond donors (Lipinski definition) is 1. The Morgan fingerprint density at radius 2 is 1.48 bits per heavy atom. The van der Waals surface area contributed by atoms with Crippen LogP contribution in [0, 0.1) is 0 Å². The van der Waals surface area contributed by atoms with Crippen molar-refractivity contribution in [3.63, 3.8) is 0 Å². The largest absolute Gasteiger partial charge is 0.422 e. The Kier molecular flexibility index (Phi) is 4.50. The third-order valence-corrected chi connectivity index (χ3v) is 3.08. The van der Waals surface area contributed by atoms with E-state index < -0.39 is 11.9 Å². The van der Waals surface area contributed by atoms with E-state index in [0.717, 1.165) is 0 Å². The molecule has 0 aliphatic rings. The molecule has 118 valence electrons. The number of anilines is 1. The lowest BCUT2D eigenvalue weighted by Crippen LogP contribution is -2.12. The van der Waals surface area contributed by atoms with E-state index in [4.69, 9.17) is 15.2 Å². The Morgan fingerprint density at radius 3 is 2.04 bits per heavy atom. The van der Waals surface area contributed by atoms with Gasteiger partial charge in [-0.15, -0.1) is 0 Å². The van der Waals surface area contributed by atoms with Crippen LogP contribution in [0.15, 0.2) is 54.6 Å². The second-order valence-electron chi connectivity index (χ2n) is 5.18. The maximum absolute atomic E-state index is 11.8. The molecule has 0 amide bonds. The molecule has 0 heterocycles. The van der Waals surface area contributed by atoms with E-state index in [1.807, 2.05) is 0 Å². The third-order valence-electron chi connectivity index (χ3n) is 3.08. The van der Waals surface area contributed by atoms with Gasteiger partial charge in [0.2, 0.25) is 0 Å². The highest BCUT2D eigenvalue weighted by Gasteiger charge is 2.17. The van der Waals surface area contributed by atoms with E-state index in [9.17, 15) is 9.59 Å². The molecule has 0 spiro atoms. The summed E-state index contributed by atoms with van der Waals surface area (Å²) in [6.07, 6.45) is 0. The fourth-order valence-corrected chi connectivity index (χ4v) is 1.90. The first-order valence-corrected chi connectivity index (χ1v) is 6.88. The van der Waals surface area contributed by atoms with Gasteiger partial charge < -0.3 is 15.2 Å². The van der Waals surface area contributed by atoms with Gasteiger partial charge in [0.25, 0.3) is 0 Å². The minimum absolute atomic E-state index is 0.183. The van der Waals surface area contributed by atoms with Gasteiger partial charge in [0.15, 0.2) is 5.75 Å². The zero-order chi connectivity index (χ0) is 17.1. The minimum atomic E-state index is -0.575. The van der Waals surface area contributed by atoms with Crippen LogP contribution in [0.4, 0.5) is 5.69 Å². The van der Waals surface area contributed by atoms with Crippen LogP contribution in [0.5, 0.6) is 11.5 Å². The number of hydrogen-bond acceptors (Lipinski definition) is 5. The van der Waals surface area contributed by atoms with Crippen molar-refractivity contribution in [1.29, 1.82) is 0 Å². The normalized spacial score (nSPS) is 10.2. The average Bonchev–Trinajstić information content (AvgIpc) is 2.50. The molecule has 0 atom stereocenters. The predicted octanol–water partition coefficient (Wildman–Crippen LogP) is 3.39. The molecule has 2 aromatic carbocycles. The molecule has 5 heteroatoms. The molecule has 0 aromatic heterocycles. The number of carbonyl (C=O) groups excluding carboxylic acids is 2. The van der Waals surface area contributed by atoms with Crippen LogP contribution >= 0.6 is 0 Å². The van der Waals surface area contributed by atoms with Crippen molar-refractivity contribution in [1.82, 2.24) is 0 Å². The lowest BCUT2D eigenvalue weighted by molar-refractivity contribution is -0.131. The van der Waals surface area contributed by atoms with Gasteiger partial charge in [-0.1, -0.05) is 37.4 Å². The number of nitrogen functional groups attached to an aromatic ring is 1. The topological polar surface area (TPSA) is 78.6 Å². The molecule has 5 nitrogen and oxygen atoms in total. The number of nitrogens with two attached hydrogens (primary N) is 1. The Labute approximate surface area is 134 Å². The highest BCUT2D eigenvalue weighted by molar-refractivity contribution is 6.02. The second-order valence-corrected chi connectivity index (χ2v) is 5.18. The number of esters is 2. The quantitative estimate of drug-likeness (QED) is 0.405. The van der Waals surface area contributed by atoms with Gasteiger partial charge >= 0.3 is 11.9 Å². The molecule has 0 unspecified atom stereocenters. The van der Waals surface area contributed by atoms with Crippen molar-refractivity contribution >= 4 is 28.4 Å². The first-order valence-electron chi connectivity index (χ1n) is 6.88. The molecule has 2 rings (SSSR count). The molecule has 0 fully saturated rings. The van der Waals surface area contributed by atoms with Crippen molar-refractivity contribution < 1.29 is 19.1 Å². The van der Waals surface area contributed by atoms with Gasteiger partial charge in [-0.05, 0) is 13.8 Å². The Balaban J connectivity index is 2.58. The summed E-state index contributed by atoms with van der Waals surface area (Å²) in [4.78, 5) is 23.5. The molecule has 0 saturated carbocycles. The number of rotatable bonds is 4. The molecular weight excluding hydrogens is 294 g/mol. The Morgan fingerprint density at radius 1 is 0.957 bits per heavy atom. The van der Waals surface area contributed by atoms with Crippen LogP contribution in [0.1, 0.15) is 13.8 Å². The number of carbonyl (C=O) groups is 2. The van der Waals surface area contributed by atoms with Crippen molar-refractivity contribution in [3.05, 3.63) is 54.6 Å². The van der Waals surface area contributed by atoms with Gasteiger partial charge in [0, 0.05) is 28.0 Å². The van der Waals surface area contributed by atoms with Crippen LogP contribution in [0.25, 0.3) is 10.8 Å². The van der Waals surface area contributed by atoms with Gasteiger partial charge in [0.05, 0.1) is 5.69 Å². The van der Waals surface area contributed by atoms with Crippen LogP contribution in [-0.2, 0) is 9.59 Å². The summed E-state index contributed by atoms with van der Waals surface area (Å²) in [5.41, 5.74) is 6.68. The minimum Gasteiger partial charge on any atom is -0.422 e. The maximum atomic E-state index is 11.8. The van der Waals surface area contributed by atoms with Gasteiger partial charge in [-0.25, -0.2) is 9.59 Å². The van der Waals surface area contributed by atoms with E-state index in [0.29, 0.717) is 10.8 Å². The van der Waals surface area contributed by atoms with E-state index in [-0.39, 0.29) is 28.3 Å². The summed E-state index contributed by atoms with van der Waals surface area (Å²) in [6.45, 7) is 10.2. The smallest absolute Gasteiger partial charge is 0.338 e. The molecule has 0 aliphatic carbocycles. The fraction of sp³-hybridized carbons (Fsp3) is 0.111. The van der Waals surface area contributed by atoms with E-state index in [1.54, 1.807) is 38.1 Å². The summed E-state index contributed by atoms with van der Waals surface area (Å²) in [6, 6.07) is 8.47. The predicted molar refractivity (Wildman–Crippen MR) is 89.3 cm³/mol. The molecule has 0 bridgehead atoms. The van der Waals surface area contributed by atoms with Crippen LogP contribution in [0.3, 0.4) is 0 Å². The monoisotopic (exact) mass is 311 g/mol. The molecule has 23 heavy (non-hydrogen) atoms. The standard InChI is InChI=1S/C18H17NO4/c1-10(2)17(20)22-15-9-14(19)16(23-18(21)11(3)4)13-8-6-5-7-12(13)15/h5-9H,1,3,19H2,2,4H3. The summed E-state index contributed by atoms with van der Waals surface area (Å²) in [5, 5.41) is 1.16. The molecular formula is C18H17NO4. The number of fused-ring (bicyclic) bond motifs is 1. The van der Waals surface area contributed by atoms with Crippen molar-refractivity contribution in [2.24, 2.45) is 0 Å². The second kappa shape index (κ2) is 6.36. The lowest BCUT2D eigenvalue weighted by atomic mass is 10.1. The van der Waals surface area contributed by atoms with E-state index >= 15 is 0 Å². The Hall–Kier alpha value is -3.08. The van der Waals surface area contributed by atoms with Gasteiger partial charge in [-0.2, -0.15) is 0 Å². The number of ether oxygens (including phenoxy) is 2.